The molecule has 0 aliphatic heterocycles. The van der Waals surface area contributed by atoms with Gasteiger partial charge in [-0.05, 0) is 72.8 Å². The molecule has 3 rings (SSSR count). The summed E-state index contributed by atoms with van der Waals surface area (Å²) in [6, 6.07) is 13.0. The van der Waals surface area contributed by atoms with E-state index < -0.39 is 10.0 Å². The van der Waals surface area contributed by atoms with Gasteiger partial charge in [0.15, 0.2) is 0 Å². The third-order valence-corrected chi connectivity index (χ3v) is 5.91. The fraction of sp³-hybridized carbons (Fsp3) is 0.250. The van der Waals surface area contributed by atoms with Crippen LogP contribution < -0.4 is 11.1 Å². The van der Waals surface area contributed by atoms with E-state index in [0.29, 0.717) is 11.1 Å². The molecule has 1 heterocycles. The van der Waals surface area contributed by atoms with Crippen molar-refractivity contribution in [3.8, 4) is 11.3 Å². The minimum atomic E-state index is -0.832. The Bertz CT molecular complexity index is 922. The van der Waals surface area contributed by atoms with Gasteiger partial charge in [0.05, 0.1) is 5.69 Å². The zero-order valence-corrected chi connectivity index (χ0v) is 15.8. The zero-order valence-electron chi connectivity index (χ0n) is 15.0. The summed E-state index contributed by atoms with van der Waals surface area (Å²) in [4.78, 5) is 5.92. The van der Waals surface area contributed by atoms with E-state index in [1.54, 1.807) is 0 Å². The van der Waals surface area contributed by atoms with Crippen molar-refractivity contribution >= 4 is 47.5 Å². The topological polar surface area (TPSA) is 12.9 Å². The highest BCUT2D eigenvalue weighted by Gasteiger charge is 2.14. The van der Waals surface area contributed by atoms with Crippen LogP contribution in [0.15, 0.2) is 41.3 Å². The van der Waals surface area contributed by atoms with E-state index in [2.05, 4.69) is 74.0 Å². The van der Waals surface area contributed by atoms with Gasteiger partial charge in [-0.2, -0.15) is 0 Å². The van der Waals surface area contributed by atoms with Gasteiger partial charge in [0.25, 0.3) is 0 Å². The molecule has 24 heavy (non-hydrogen) atoms. The average molecular weight is 329 g/mol. The van der Waals surface area contributed by atoms with Gasteiger partial charge in [0, 0.05) is 10.9 Å². The van der Waals surface area contributed by atoms with Crippen LogP contribution in [0.3, 0.4) is 0 Å². The van der Waals surface area contributed by atoms with Crippen LogP contribution in [-0.4, -0.2) is 39.4 Å². The van der Waals surface area contributed by atoms with E-state index in [9.17, 15) is 0 Å². The summed E-state index contributed by atoms with van der Waals surface area (Å²) in [5, 5.41) is 2.05. The van der Waals surface area contributed by atoms with Gasteiger partial charge in [-0.25, -0.2) is 10.0 Å². The van der Waals surface area contributed by atoms with Crippen molar-refractivity contribution in [3.05, 3.63) is 47.5 Å². The molecule has 4 radical (unpaired) electrons. The number of hydrogen-bond donors (Lipinski definition) is 0. The van der Waals surface area contributed by atoms with Gasteiger partial charge in [-0.3, -0.25) is 4.98 Å². The zero-order chi connectivity index (χ0) is 17.6. The second-order valence-corrected chi connectivity index (χ2v) is 11.3. The van der Waals surface area contributed by atoms with Crippen molar-refractivity contribution in [1.82, 2.24) is 4.98 Å². The number of hydrogen-bond acceptors (Lipinski definition) is 1. The molecule has 0 bridgehead atoms. The number of nitrogens with zero attached hydrogens (tertiary/aromatic N) is 1. The first-order valence-corrected chi connectivity index (χ1v) is 10.8. The number of benzene rings is 2. The van der Waals surface area contributed by atoms with Gasteiger partial charge in [-0.15, -0.1) is 0 Å². The van der Waals surface area contributed by atoms with Crippen molar-refractivity contribution in [2.45, 2.75) is 18.7 Å². The maximum absolute atomic E-state index is 6.26. The fourth-order valence-electron chi connectivity index (χ4n) is 3.04. The normalized spacial score (nSPS) is 12.5. The van der Waals surface area contributed by atoms with Gasteiger partial charge in [0.1, 0.15) is 15.7 Å². The molecule has 0 unspecified atom stereocenters. The lowest BCUT2D eigenvalue weighted by molar-refractivity contribution is 1.35. The molecule has 0 spiro atoms. The standard InChI is InChI=1S/C20H21B2NS/c1-12-8-13(2)10-14(9-12)19-16-7-6-15(24(3,4)5)11-17(16)18(21)20(22)23-19/h6-11H,1-5H3. The van der Waals surface area contributed by atoms with Gasteiger partial charge in [-0.1, -0.05) is 28.7 Å². The molecular formula is C20H21B2NS. The lowest BCUT2D eigenvalue weighted by Crippen LogP contribution is -2.30. The monoisotopic (exact) mass is 329 g/mol. The maximum atomic E-state index is 6.26. The van der Waals surface area contributed by atoms with Crippen LogP contribution in [0.25, 0.3) is 22.0 Å². The molecule has 0 atom stereocenters. The Hall–Kier alpha value is -1.67. The molecule has 0 aliphatic carbocycles. The third kappa shape index (κ3) is 3.12. The van der Waals surface area contributed by atoms with E-state index >= 15 is 0 Å². The molecule has 3 aromatic rings. The lowest BCUT2D eigenvalue weighted by Gasteiger charge is -2.27. The second kappa shape index (κ2) is 6.00. The van der Waals surface area contributed by atoms with Gasteiger partial charge < -0.3 is 0 Å². The number of pyridine rings is 1. The Morgan fingerprint density at radius 1 is 0.833 bits per heavy atom. The molecular weight excluding hydrogens is 308 g/mol. The predicted molar refractivity (Wildman–Crippen MR) is 111 cm³/mol. The highest BCUT2D eigenvalue weighted by Crippen LogP contribution is 2.46. The summed E-state index contributed by atoms with van der Waals surface area (Å²) >= 11 is 0. The Kier molecular flexibility index (Phi) is 4.29. The molecule has 0 fully saturated rings. The molecule has 0 amide bonds. The summed E-state index contributed by atoms with van der Waals surface area (Å²) in [7, 11) is 11.6. The van der Waals surface area contributed by atoms with Crippen LogP contribution in [0.4, 0.5) is 0 Å². The lowest BCUT2D eigenvalue weighted by atomic mass is 9.80. The van der Waals surface area contributed by atoms with Crippen molar-refractivity contribution in [2.24, 2.45) is 0 Å². The molecule has 118 valence electrons. The Morgan fingerprint density at radius 2 is 1.46 bits per heavy atom. The average Bonchev–Trinajstić information content (AvgIpc) is 2.48. The van der Waals surface area contributed by atoms with E-state index in [1.165, 1.54) is 16.0 Å². The van der Waals surface area contributed by atoms with Crippen LogP contribution in [-0.2, 0) is 0 Å². The molecule has 0 saturated heterocycles. The largest absolute Gasteiger partial charge is 0.264 e. The van der Waals surface area contributed by atoms with Crippen molar-refractivity contribution in [2.75, 3.05) is 18.8 Å². The minimum absolute atomic E-state index is 0.401. The summed E-state index contributed by atoms with van der Waals surface area (Å²) in [6.45, 7) is 4.20. The Morgan fingerprint density at radius 3 is 2.04 bits per heavy atom. The number of fused-ring (bicyclic) bond motifs is 1. The summed E-state index contributed by atoms with van der Waals surface area (Å²) in [6.07, 6.45) is 6.83. The quantitative estimate of drug-likeness (QED) is 0.658. The summed E-state index contributed by atoms with van der Waals surface area (Å²) in [5.41, 5.74) is 5.39. The van der Waals surface area contributed by atoms with Crippen LogP contribution in [0, 0.1) is 13.8 Å². The van der Waals surface area contributed by atoms with Crippen LogP contribution >= 0.6 is 10.0 Å². The van der Waals surface area contributed by atoms with E-state index in [0.717, 1.165) is 22.0 Å². The van der Waals surface area contributed by atoms with E-state index in [1.807, 2.05) is 0 Å². The number of aryl methyl sites for hydroxylation is 2. The molecule has 0 saturated carbocycles. The van der Waals surface area contributed by atoms with Crippen LogP contribution in [0.1, 0.15) is 11.1 Å². The second-order valence-electron chi connectivity index (χ2n) is 7.18. The van der Waals surface area contributed by atoms with Crippen molar-refractivity contribution < 1.29 is 0 Å². The Labute approximate surface area is 149 Å². The van der Waals surface area contributed by atoms with Gasteiger partial charge in [0.2, 0.25) is 0 Å². The van der Waals surface area contributed by atoms with E-state index in [-0.39, 0.29) is 0 Å². The van der Waals surface area contributed by atoms with Crippen molar-refractivity contribution in [3.63, 3.8) is 0 Å². The number of rotatable bonds is 2. The third-order valence-electron chi connectivity index (χ3n) is 4.25. The maximum Gasteiger partial charge on any atom is 0.140 e. The smallest absolute Gasteiger partial charge is 0.140 e. The number of aromatic nitrogens is 1. The first-order chi connectivity index (χ1) is 11.2. The fourth-order valence-corrected chi connectivity index (χ4v) is 3.99. The van der Waals surface area contributed by atoms with Gasteiger partial charge >= 0.3 is 0 Å². The van der Waals surface area contributed by atoms with Crippen LogP contribution in [0.5, 0.6) is 0 Å². The molecule has 4 heteroatoms. The van der Waals surface area contributed by atoms with Crippen LogP contribution in [0.2, 0.25) is 0 Å². The van der Waals surface area contributed by atoms with E-state index in [4.69, 9.17) is 15.7 Å². The first kappa shape index (κ1) is 17.2. The molecule has 1 nitrogen and oxygen atoms in total. The molecule has 1 aromatic heterocycles. The summed E-state index contributed by atoms with van der Waals surface area (Å²) in [5.74, 6) is 0. The molecule has 0 aliphatic rings. The SMILES string of the molecule is [B]c1nc(-c2cc(C)cc(C)c2)c2ccc(S(C)(C)C)cc2c1[B]. The highest BCUT2D eigenvalue weighted by molar-refractivity contribution is 8.32. The van der Waals surface area contributed by atoms with Crippen molar-refractivity contribution in [1.29, 1.82) is 0 Å². The highest BCUT2D eigenvalue weighted by atomic mass is 32.3. The predicted octanol–water partition coefficient (Wildman–Crippen LogP) is 3.16. The molecule has 0 N–H and O–H groups in total. The minimum Gasteiger partial charge on any atom is -0.264 e. The first-order valence-electron chi connectivity index (χ1n) is 7.92. The Balaban J connectivity index is 2.35. The molecule has 2 aromatic carbocycles. The summed E-state index contributed by atoms with van der Waals surface area (Å²) < 4.78 is 0.